The molecule has 0 aliphatic carbocycles. The van der Waals surface area contributed by atoms with Crippen molar-refractivity contribution in [3.8, 4) is 0 Å². The summed E-state index contributed by atoms with van der Waals surface area (Å²) in [6.07, 6.45) is 0. The van der Waals surface area contributed by atoms with Crippen LogP contribution in [0.4, 0.5) is 0 Å². The van der Waals surface area contributed by atoms with E-state index >= 15 is 0 Å². The average molecular weight is 415 g/mol. The zero-order valence-electron chi connectivity index (χ0n) is 8.14. The maximum Gasteiger partial charge on any atom is 0.195 e. The van der Waals surface area contributed by atoms with Crippen LogP contribution in [-0.2, 0) is 0 Å². The molecule has 0 aliphatic rings. The topological polar surface area (TPSA) is 17.1 Å². The van der Waals surface area contributed by atoms with Crippen LogP contribution >= 0.6 is 66.4 Å². The van der Waals surface area contributed by atoms with E-state index in [2.05, 4.69) is 31.9 Å². The smallest absolute Gasteiger partial charge is 0.195 e. The van der Waals surface area contributed by atoms with Crippen LogP contribution in [0.15, 0.2) is 31.8 Å². The van der Waals surface area contributed by atoms with Crippen LogP contribution in [0.3, 0.4) is 0 Å². The number of thiophene rings is 1. The minimum absolute atomic E-state index is 0.0857. The van der Waals surface area contributed by atoms with Gasteiger partial charge in [-0.1, -0.05) is 23.2 Å². The SMILES string of the molecule is O=C(c1ccc(Cl)c(Cl)c1)c1cc(Br)sc1Br. The lowest BCUT2D eigenvalue weighted by atomic mass is 10.1. The highest BCUT2D eigenvalue weighted by Crippen LogP contribution is 2.34. The van der Waals surface area contributed by atoms with Gasteiger partial charge in [0.25, 0.3) is 0 Å². The Morgan fingerprint density at radius 1 is 1.12 bits per heavy atom. The summed E-state index contributed by atoms with van der Waals surface area (Å²) in [5, 5.41) is 0.816. The van der Waals surface area contributed by atoms with Crippen molar-refractivity contribution >= 4 is 72.2 Å². The van der Waals surface area contributed by atoms with Crippen LogP contribution in [-0.4, -0.2) is 5.78 Å². The second-order valence-electron chi connectivity index (χ2n) is 3.20. The van der Waals surface area contributed by atoms with Crippen LogP contribution in [0.5, 0.6) is 0 Å². The number of halogens is 4. The number of benzene rings is 1. The summed E-state index contributed by atoms with van der Waals surface area (Å²) in [5.41, 5.74) is 1.13. The summed E-state index contributed by atoms with van der Waals surface area (Å²) >= 11 is 19.8. The molecule has 2 aromatic rings. The quantitative estimate of drug-likeness (QED) is 0.566. The number of ketones is 1. The molecular formula is C11H4Br2Cl2OS. The third-order valence-electron chi connectivity index (χ3n) is 2.08. The molecule has 0 saturated heterocycles. The van der Waals surface area contributed by atoms with Crippen LogP contribution < -0.4 is 0 Å². The van der Waals surface area contributed by atoms with Crippen LogP contribution in [0.2, 0.25) is 10.0 Å². The number of hydrogen-bond acceptors (Lipinski definition) is 2. The van der Waals surface area contributed by atoms with Gasteiger partial charge in [-0.15, -0.1) is 11.3 Å². The van der Waals surface area contributed by atoms with Crippen LogP contribution in [0, 0.1) is 0 Å². The maximum atomic E-state index is 12.2. The summed E-state index contributed by atoms with van der Waals surface area (Å²) in [5.74, 6) is -0.0857. The number of carbonyl (C=O) groups is 1. The van der Waals surface area contributed by atoms with E-state index in [9.17, 15) is 4.79 Å². The van der Waals surface area contributed by atoms with Gasteiger partial charge in [0.1, 0.15) is 0 Å². The molecule has 1 aromatic carbocycles. The highest BCUT2D eigenvalue weighted by Gasteiger charge is 2.16. The minimum Gasteiger partial charge on any atom is -0.289 e. The monoisotopic (exact) mass is 412 g/mol. The maximum absolute atomic E-state index is 12.2. The van der Waals surface area contributed by atoms with Gasteiger partial charge in [-0.05, 0) is 56.1 Å². The second kappa shape index (κ2) is 5.41. The fourth-order valence-electron chi connectivity index (χ4n) is 1.29. The summed E-state index contributed by atoms with van der Waals surface area (Å²) in [4.78, 5) is 12.2. The third-order valence-corrected chi connectivity index (χ3v) is 5.16. The Hall–Kier alpha value is 0.130. The first kappa shape index (κ1) is 13.6. The van der Waals surface area contributed by atoms with Gasteiger partial charge in [-0.3, -0.25) is 4.79 Å². The van der Waals surface area contributed by atoms with Crippen molar-refractivity contribution in [1.29, 1.82) is 0 Å². The van der Waals surface area contributed by atoms with Gasteiger partial charge < -0.3 is 0 Å². The van der Waals surface area contributed by atoms with Gasteiger partial charge in [0, 0.05) is 11.1 Å². The van der Waals surface area contributed by atoms with E-state index in [1.165, 1.54) is 11.3 Å². The lowest BCUT2D eigenvalue weighted by molar-refractivity contribution is 0.103. The molecule has 0 amide bonds. The lowest BCUT2D eigenvalue weighted by Crippen LogP contribution is -2.00. The Labute approximate surface area is 129 Å². The minimum atomic E-state index is -0.0857. The molecule has 17 heavy (non-hydrogen) atoms. The Balaban J connectivity index is 2.44. The van der Waals surface area contributed by atoms with E-state index in [1.807, 2.05) is 0 Å². The van der Waals surface area contributed by atoms with Gasteiger partial charge in [-0.25, -0.2) is 0 Å². The zero-order chi connectivity index (χ0) is 12.6. The van der Waals surface area contributed by atoms with Gasteiger partial charge in [0.2, 0.25) is 0 Å². The zero-order valence-corrected chi connectivity index (χ0v) is 13.6. The predicted molar refractivity (Wildman–Crippen MR) is 79.6 cm³/mol. The fourth-order valence-corrected chi connectivity index (χ4v) is 4.38. The molecule has 0 spiro atoms. The molecule has 0 unspecified atom stereocenters. The molecule has 1 aromatic heterocycles. The van der Waals surface area contributed by atoms with Crippen molar-refractivity contribution in [3.05, 3.63) is 53.0 Å². The molecule has 1 nitrogen and oxygen atoms in total. The molecule has 0 bridgehead atoms. The van der Waals surface area contributed by atoms with Crippen molar-refractivity contribution in [2.24, 2.45) is 0 Å². The Bertz CT molecular complexity index is 595. The average Bonchev–Trinajstić information content (AvgIpc) is 2.61. The molecule has 0 radical (unpaired) electrons. The largest absolute Gasteiger partial charge is 0.289 e. The number of hydrogen-bond donors (Lipinski definition) is 0. The Morgan fingerprint density at radius 2 is 1.82 bits per heavy atom. The Kier molecular flexibility index (Phi) is 4.31. The van der Waals surface area contributed by atoms with E-state index in [1.54, 1.807) is 24.3 Å². The third kappa shape index (κ3) is 2.93. The van der Waals surface area contributed by atoms with Gasteiger partial charge in [-0.2, -0.15) is 0 Å². The standard InChI is InChI=1S/C11H4Br2Cl2OS/c12-9-4-6(11(13)17-9)10(16)5-1-2-7(14)8(15)3-5/h1-4H. The van der Waals surface area contributed by atoms with E-state index in [0.29, 0.717) is 21.2 Å². The molecule has 0 saturated carbocycles. The van der Waals surface area contributed by atoms with Crippen molar-refractivity contribution < 1.29 is 4.79 Å². The summed E-state index contributed by atoms with van der Waals surface area (Å²) in [6.45, 7) is 0. The van der Waals surface area contributed by atoms with Gasteiger partial charge >= 0.3 is 0 Å². The molecular weight excluding hydrogens is 411 g/mol. The van der Waals surface area contributed by atoms with Gasteiger partial charge in [0.15, 0.2) is 5.78 Å². The van der Waals surface area contributed by atoms with Crippen molar-refractivity contribution in [2.45, 2.75) is 0 Å². The number of carbonyl (C=O) groups excluding carboxylic acids is 1. The first-order valence-corrected chi connectivity index (χ1v) is 7.59. The second-order valence-corrected chi connectivity index (χ2v) is 7.76. The van der Waals surface area contributed by atoms with Crippen molar-refractivity contribution in [2.75, 3.05) is 0 Å². The predicted octanol–water partition coefficient (Wildman–Crippen LogP) is 5.81. The first-order valence-electron chi connectivity index (χ1n) is 4.43. The lowest BCUT2D eigenvalue weighted by Gasteiger charge is -2.01. The van der Waals surface area contributed by atoms with E-state index < -0.39 is 0 Å². The highest BCUT2D eigenvalue weighted by atomic mass is 79.9. The molecule has 0 fully saturated rings. The molecule has 6 heteroatoms. The van der Waals surface area contributed by atoms with Gasteiger partial charge in [0.05, 0.1) is 17.6 Å². The van der Waals surface area contributed by atoms with Crippen LogP contribution in [0.1, 0.15) is 15.9 Å². The highest BCUT2D eigenvalue weighted by molar-refractivity contribution is 9.12. The van der Waals surface area contributed by atoms with Crippen molar-refractivity contribution in [3.63, 3.8) is 0 Å². The molecule has 0 atom stereocenters. The number of rotatable bonds is 2. The summed E-state index contributed by atoms with van der Waals surface area (Å²) in [6, 6.07) is 6.63. The van der Waals surface area contributed by atoms with E-state index in [4.69, 9.17) is 23.2 Å². The van der Waals surface area contributed by atoms with Crippen LogP contribution in [0.25, 0.3) is 0 Å². The van der Waals surface area contributed by atoms with E-state index in [0.717, 1.165) is 7.57 Å². The summed E-state index contributed by atoms with van der Waals surface area (Å²) < 4.78 is 1.69. The molecule has 0 aliphatic heterocycles. The Morgan fingerprint density at radius 3 is 2.35 bits per heavy atom. The fraction of sp³-hybridized carbons (Fsp3) is 0. The molecule has 88 valence electrons. The summed E-state index contributed by atoms with van der Waals surface area (Å²) in [7, 11) is 0. The first-order chi connectivity index (χ1) is 7.99. The molecule has 0 N–H and O–H groups in total. The molecule has 1 heterocycles. The molecule has 2 rings (SSSR count). The normalized spacial score (nSPS) is 10.6. The van der Waals surface area contributed by atoms with E-state index in [-0.39, 0.29) is 5.78 Å². The van der Waals surface area contributed by atoms with Crippen molar-refractivity contribution in [1.82, 2.24) is 0 Å².